The first kappa shape index (κ1) is 29.4. The lowest BCUT2D eigenvalue weighted by Crippen LogP contribution is -2.45. The molecule has 0 aromatic heterocycles. The molecule has 3 rings (SSSR count). The molecule has 1 aliphatic rings. The zero-order chi connectivity index (χ0) is 27.5. The van der Waals surface area contributed by atoms with Crippen molar-refractivity contribution >= 4 is 29.3 Å². The SMILES string of the molecule is CN(CCCO)C(=O)CNC(=O)N1CCCCC(C(=O)c2ccc(OCCO)cc2Cl)c2ccccc2C1. The Kier molecular flexibility index (Phi) is 11.4. The van der Waals surface area contributed by atoms with Gasteiger partial charge in [0.05, 0.1) is 18.2 Å². The van der Waals surface area contributed by atoms with Gasteiger partial charge in [-0.2, -0.15) is 0 Å². The van der Waals surface area contributed by atoms with Crippen LogP contribution in [0, 0.1) is 0 Å². The third-order valence-corrected chi connectivity index (χ3v) is 6.91. The van der Waals surface area contributed by atoms with Gasteiger partial charge in [-0.05, 0) is 48.6 Å². The maximum atomic E-state index is 13.7. The number of aliphatic hydroxyl groups excluding tert-OH is 2. The van der Waals surface area contributed by atoms with Gasteiger partial charge in [-0.15, -0.1) is 0 Å². The van der Waals surface area contributed by atoms with Gasteiger partial charge in [0.1, 0.15) is 12.4 Å². The molecule has 0 saturated heterocycles. The van der Waals surface area contributed by atoms with Gasteiger partial charge in [-0.25, -0.2) is 4.79 Å². The number of amides is 3. The van der Waals surface area contributed by atoms with Crippen molar-refractivity contribution in [1.82, 2.24) is 15.1 Å². The van der Waals surface area contributed by atoms with Gasteiger partial charge in [0.2, 0.25) is 5.91 Å². The van der Waals surface area contributed by atoms with E-state index in [1.54, 1.807) is 30.1 Å². The fourth-order valence-electron chi connectivity index (χ4n) is 4.52. The first-order valence-electron chi connectivity index (χ1n) is 12.9. The molecule has 1 unspecified atom stereocenters. The Hall–Kier alpha value is -3.14. The monoisotopic (exact) mass is 545 g/mol. The van der Waals surface area contributed by atoms with E-state index in [9.17, 15) is 14.4 Å². The van der Waals surface area contributed by atoms with E-state index in [1.807, 2.05) is 24.3 Å². The Morgan fingerprint density at radius 2 is 1.92 bits per heavy atom. The summed E-state index contributed by atoms with van der Waals surface area (Å²) >= 11 is 6.46. The number of ketones is 1. The molecule has 0 bridgehead atoms. The molecular formula is C28H36ClN3O6. The predicted octanol–water partition coefficient (Wildman–Crippen LogP) is 3.21. The molecule has 0 spiro atoms. The minimum atomic E-state index is -0.419. The van der Waals surface area contributed by atoms with Crippen LogP contribution in [0.4, 0.5) is 4.79 Å². The second-order valence-corrected chi connectivity index (χ2v) is 9.71. The van der Waals surface area contributed by atoms with Crippen molar-refractivity contribution in [3.05, 3.63) is 64.2 Å². The number of carbonyl (C=O) groups is 3. The minimum absolute atomic E-state index is 0.00276. The highest BCUT2D eigenvalue weighted by Gasteiger charge is 2.28. The van der Waals surface area contributed by atoms with Gasteiger partial charge >= 0.3 is 6.03 Å². The summed E-state index contributed by atoms with van der Waals surface area (Å²) < 4.78 is 5.40. The summed E-state index contributed by atoms with van der Waals surface area (Å²) in [4.78, 5) is 42.2. The summed E-state index contributed by atoms with van der Waals surface area (Å²) in [5.41, 5.74) is 2.13. The van der Waals surface area contributed by atoms with Gasteiger partial charge in [0, 0.05) is 44.8 Å². The number of ether oxygens (including phenoxy) is 1. The summed E-state index contributed by atoms with van der Waals surface area (Å²) in [6.07, 6.45) is 2.52. The van der Waals surface area contributed by atoms with E-state index in [0.29, 0.717) is 50.2 Å². The Bertz CT molecular complexity index is 1110. The summed E-state index contributed by atoms with van der Waals surface area (Å²) in [6, 6.07) is 12.2. The largest absolute Gasteiger partial charge is 0.491 e. The molecule has 0 saturated carbocycles. The van der Waals surface area contributed by atoms with Crippen LogP contribution in [0.25, 0.3) is 0 Å². The number of aliphatic hydroxyl groups is 2. The van der Waals surface area contributed by atoms with Crippen LogP contribution in [-0.2, 0) is 11.3 Å². The standard InChI is InChI=1S/C28H36ClN3O6/c1-31(12-6-14-33)26(35)18-30-28(37)32-13-5-4-9-23(22-8-3-2-7-20(22)19-32)27(36)24-11-10-21(17-25(24)29)38-16-15-34/h2-3,7-8,10-11,17,23,33-34H,4-6,9,12-16,18-19H2,1H3,(H,30,37). The Morgan fingerprint density at radius 3 is 2.66 bits per heavy atom. The molecule has 3 N–H and O–H groups in total. The van der Waals surface area contributed by atoms with Gasteiger partial charge in [0.15, 0.2) is 5.78 Å². The number of fused-ring (bicyclic) bond motifs is 1. The number of carbonyl (C=O) groups excluding carboxylic acids is 3. The highest BCUT2D eigenvalue weighted by Crippen LogP contribution is 2.34. The molecule has 1 atom stereocenters. The van der Waals surface area contributed by atoms with E-state index < -0.39 is 5.92 Å². The Morgan fingerprint density at radius 1 is 1.13 bits per heavy atom. The second-order valence-electron chi connectivity index (χ2n) is 9.30. The molecule has 0 radical (unpaired) electrons. The number of likely N-dealkylation sites (N-methyl/N-ethyl adjacent to an activating group) is 1. The quantitative estimate of drug-likeness (QED) is 0.394. The average Bonchev–Trinajstić information content (AvgIpc) is 3.01. The number of halogens is 1. The van der Waals surface area contributed by atoms with Crippen LogP contribution in [0.5, 0.6) is 5.75 Å². The fraction of sp³-hybridized carbons (Fsp3) is 0.464. The van der Waals surface area contributed by atoms with E-state index >= 15 is 0 Å². The lowest BCUT2D eigenvalue weighted by Gasteiger charge is -2.25. The molecule has 0 aliphatic carbocycles. The summed E-state index contributed by atoms with van der Waals surface area (Å²) in [5, 5.41) is 20.9. The number of hydrogen-bond acceptors (Lipinski definition) is 6. The Labute approximate surface area is 228 Å². The molecule has 10 heteroatoms. The number of urea groups is 1. The normalized spacial score (nSPS) is 15.5. The van der Waals surface area contributed by atoms with Crippen LogP contribution in [0.15, 0.2) is 42.5 Å². The zero-order valence-corrected chi connectivity index (χ0v) is 22.5. The number of hydrogen-bond donors (Lipinski definition) is 3. The predicted molar refractivity (Wildman–Crippen MR) is 145 cm³/mol. The van der Waals surface area contributed by atoms with Crippen molar-refractivity contribution in [3.8, 4) is 5.75 Å². The number of nitrogens with zero attached hydrogens (tertiary/aromatic N) is 2. The fourth-order valence-corrected chi connectivity index (χ4v) is 4.79. The third kappa shape index (κ3) is 7.93. The van der Waals surface area contributed by atoms with Crippen molar-refractivity contribution in [3.63, 3.8) is 0 Å². The molecule has 9 nitrogen and oxygen atoms in total. The molecular weight excluding hydrogens is 510 g/mol. The van der Waals surface area contributed by atoms with Gasteiger partial charge in [-0.3, -0.25) is 9.59 Å². The van der Waals surface area contributed by atoms with E-state index in [2.05, 4.69) is 5.32 Å². The molecule has 1 aliphatic heterocycles. The lowest BCUT2D eigenvalue weighted by atomic mass is 9.84. The molecule has 206 valence electrons. The Balaban J connectivity index is 1.76. The zero-order valence-electron chi connectivity index (χ0n) is 21.7. The maximum absolute atomic E-state index is 13.7. The van der Waals surface area contributed by atoms with Crippen molar-refractivity contribution in [2.24, 2.45) is 0 Å². The maximum Gasteiger partial charge on any atom is 0.318 e. The third-order valence-electron chi connectivity index (χ3n) is 6.60. The van der Waals surface area contributed by atoms with Crippen LogP contribution < -0.4 is 10.1 Å². The van der Waals surface area contributed by atoms with Crippen molar-refractivity contribution in [2.75, 3.05) is 46.5 Å². The van der Waals surface area contributed by atoms with E-state index in [-0.39, 0.29) is 49.1 Å². The number of nitrogens with one attached hydrogen (secondary N) is 1. The molecule has 2 aromatic rings. The highest BCUT2D eigenvalue weighted by molar-refractivity contribution is 6.34. The average molecular weight is 546 g/mol. The summed E-state index contributed by atoms with van der Waals surface area (Å²) in [6.45, 7) is 1.10. The highest BCUT2D eigenvalue weighted by atomic mass is 35.5. The van der Waals surface area contributed by atoms with E-state index in [4.69, 9.17) is 26.6 Å². The number of Topliss-reactive ketones (excluding diaryl/α,β-unsaturated/α-hetero) is 1. The minimum Gasteiger partial charge on any atom is -0.491 e. The molecule has 2 aromatic carbocycles. The van der Waals surface area contributed by atoms with E-state index in [1.165, 1.54) is 4.90 Å². The van der Waals surface area contributed by atoms with Gasteiger partial charge in [0.25, 0.3) is 0 Å². The van der Waals surface area contributed by atoms with Crippen molar-refractivity contribution < 1.29 is 29.3 Å². The molecule has 38 heavy (non-hydrogen) atoms. The summed E-state index contributed by atoms with van der Waals surface area (Å²) in [7, 11) is 1.64. The lowest BCUT2D eigenvalue weighted by molar-refractivity contribution is -0.128. The van der Waals surface area contributed by atoms with Gasteiger partial charge < -0.3 is 30.1 Å². The first-order valence-corrected chi connectivity index (χ1v) is 13.3. The molecule has 3 amide bonds. The first-order chi connectivity index (χ1) is 18.3. The molecule has 1 heterocycles. The smallest absolute Gasteiger partial charge is 0.318 e. The van der Waals surface area contributed by atoms with Crippen LogP contribution in [0.3, 0.4) is 0 Å². The topological polar surface area (TPSA) is 119 Å². The summed E-state index contributed by atoms with van der Waals surface area (Å²) in [5.74, 6) is -0.259. The van der Waals surface area contributed by atoms with Crippen LogP contribution in [0.1, 0.15) is 53.1 Å². The number of rotatable bonds is 10. The van der Waals surface area contributed by atoms with Crippen LogP contribution >= 0.6 is 11.6 Å². The molecule has 0 fully saturated rings. The van der Waals surface area contributed by atoms with Crippen molar-refractivity contribution in [2.45, 2.75) is 38.1 Å². The van der Waals surface area contributed by atoms with Crippen LogP contribution in [0.2, 0.25) is 5.02 Å². The van der Waals surface area contributed by atoms with Crippen LogP contribution in [-0.4, -0.2) is 84.2 Å². The number of benzene rings is 2. The van der Waals surface area contributed by atoms with E-state index in [0.717, 1.165) is 17.5 Å². The van der Waals surface area contributed by atoms with Crippen molar-refractivity contribution in [1.29, 1.82) is 0 Å². The second kappa shape index (κ2) is 14.7. The van der Waals surface area contributed by atoms with Gasteiger partial charge in [-0.1, -0.05) is 42.3 Å².